The number of fused-ring (bicyclic) bond motifs is 6. The smallest absolute Gasteiger partial charge is 0.160 e. The normalized spacial score (nSPS) is 15.0. The van der Waals surface area contributed by atoms with Crippen molar-refractivity contribution in [2.75, 3.05) is 0 Å². The van der Waals surface area contributed by atoms with Gasteiger partial charge >= 0.3 is 0 Å². The Bertz CT molecular complexity index is 3540. The standard InChI is InChI=1S/C46H29N3O/c1-3-14-30(15-4-1)31-16-11-17-32(28-31)46-47-40(29-41(48-46)39-25-13-23-37-35-21-8-10-27-43(35)50-45(37)39)38-24-12-22-36-34-20-7-9-26-42(34)49(44(36)38)33-18-5-2-6-19-33/h1-29H/i2D,5D,6D,7D,9D,12D,18D,19D,20D,22D,24D,26D. The third-order valence-electron chi connectivity index (χ3n) is 8.81. The molecule has 0 saturated heterocycles. The van der Waals surface area contributed by atoms with E-state index in [4.69, 9.17) is 28.1 Å². The van der Waals surface area contributed by atoms with Crippen molar-refractivity contribution in [1.82, 2.24) is 14.5 Å². The molecule has 7 aromatic carbocycles. The van der Waals surface area contributed by atoms with Crippen LogP contribution in [0.2, 0.25) is 0 Å². The van der Waals surface area contributed by atoms with Crippen LogP contribution < -0.4 is 0 Å². The van der Waals surface area contributed by atoms with Gasteiger partial charge in [0.15, 0.2) is 5.82 Å². The van der Waals surface area contributed by atoms with Crippen LogP contribution in [-0.2, 0) is 0 Å². The van der Waals surface area contributed by atoms with Gasteiger partial charge in [0.05, 0.1) is 38.9 Å². The van der Waals surface area contributed by atoms with E-state index in [1.807, 2.05) is 97.1 Å². The summed E-state index contributed by atoms with van der Waals surface area (Å²) in [5, 5.41) is 1.26. The first kappa shape index (κ1) is 18.7. The molecule has 10 rings (SSSR count). The molecule has 3 aromatic heterocycles. The van der Waals surface area contributed by atoms with Crippen LogP contribution in [0.1, 0.15) is 16.4 Å². The molecule has 0 atom stereocenters. The topological polar surface area (TPSA) is 43.9 Å². The maximum absolute atomic E-state index is 9.54. The molecule has 234 valence electrons. The lowest BCUT2D eigenvalue weighted by Gasteiger charge is -2.14. The second kappa shape index (κ2) is 11.4. The van der Waals surface area contributed by atoms with Crippen molar-refractivity contribution in [3.63, 3.8) is 0 Å². The first-order valence-corrected chi connectivity index (χ1v) is 15.9. The van der Waals surface area contributed by atoms with Crippen LogP contribution in [0.5, 0.6) is 0 Å². The Morgan fingerprint density at radius 3 is 2.10 bits per heavy atom. The molecule has 0 amide bonds. The van der Waals surface area contributed by atoms with E-state index in [2.05, 4.69) is 0 Å². The van der Waals surface area contributed by atoms with Crippen LogP contribution in [0.25, 0.3) is 94.5 Å². The fourth-order valence-electron chi connectivity index (χ4n) is 6.59. The summed E-state index contributed by atoms with van der Waals surface area (Å²) in [7, 11) is 0. The van der Waals surface area contributed by atoms with E-state index in [1.165, 1.54) is 0 Å². The molecule has 0 aliphatic heterocycles. The van der Waals surface area contributed by atoms with Crippen molar-refractivity contribution in [3.8, 4) is 50.7 Å². The third kappa shape index (κ3) is 4.54. The molecule has 50 heavy (non-hydrogen) atoms. The molecule has 0 saturated carbocycles. The van der Waals surface area contributed by atoms with Gasteiger partial charge in [0.25, 0.3) is 0 Å². The van der Waals surface area contributed by atoms with Gasteiger partial charge in [-0.2, -0.15) is 0 Å². The van der Waals surface area contributed by atoms with Gasteiger partial charge in [0, 0.05) is 43.9 Å². The van der Waals surface area contributed by atoms with Crippen LogP contribution in [-0.4, -0.2) is 14.5 Å². The largest absolute Gasteiger partial charge is 0.455 e. The average Bonchev–Trinajstić information content (AvgIpc) is 3.85. The van der Waals surface area contributed by atoms with E-state index in [9.17, 15) is 2.74 Å². The quantitative estimate of drug-likeness (QED) is 0.186. The van der Waals surface area contributed by atoms with Gasteiger partial charge in [-0.1, -0.05) is 133 Å². The lowest BCUT2D eigenvalue weighted by atomic mass is 10.0. The molecular weight excluding hydrogens is 611 g/mol. The van der Waals surface area contributed by atoms with Crippen molar-refractivity contribution in [3.05, 3.63) is 176 Å². The van der Waals surface area contributed by atoms with Gasteiger partial charge in [0.1, 0.15) is 11.2 Å². The zero-order valence-corrected chi connectivity index (χ0v) is 26.1. The molecule has 4 heteroatoms. The van der Waals surface area contributed by atoms with E-state index < -0.39 is 78.2 Å². The molecule has 0 aliphatic carbocycles. The van der Waals surface area contributed by atoms with Crippen LogP contribution in [0.3, 0.4) is 0 Å². The van der Waals surface area contributed by atoms with Crippen LogP contribution >= 0.6 is 0 Å². The molecule has 4 nitrogen and oxygen atoms in total. The van der Waals surface area contributed by atoms with Crippen molar-refractivity contribution in [2.24, 2.45) is 0 Å². The highest BCUT2D eigenvalue weighted by Crippen LogP contribution is 2.41. The summed E-state index contributed by atoms with van der Waals surface area (Å²) in [6.45, 7) is 0. The minimum atomic E-state index is -0.712. The Balaban J connectivity index is 1.40. The highest BCUT2D eigenvalue weighted by Gasteiger charge is 2.20. The summed E-state index contributed by atoms with van der Waals surface area (Å²) in [4.78, 5) is 10.1. The van der Waals surface area contributed by atoms with Crippen LogP contribution in [0, 0.1) is 0 Å². The molecule has 0 bridgehead atoms. The molecule has 10 aromatic rings. The summed E-state index contributed by atoms with van der Waals surface area (Å²) in [5.41, 5.74) is 3.34. The first-order valence-electron chi connectivity index (χ1n) is 21.9. The van der Waals surface area contributed by atoms with E-state index in [-0.39, 0.29) is 38.9 Å². The Morgan fingerprint density at radius 1 is 0.500 bits per heavy atom. The Morgan fingerprint density at radius 2 is 1.20 bits per heavy atom. The van der Waals surface area contributed by atoms with Crippen LogP contribution in [0.15, 0.2) is 180 Å². The number of nitrogens with zero attached hydrogens (tertiary/aromatic N) is 3. The van der Waals surface area contributed by atoms with Gasteiger partial charge in [-0.15, -0.1) is 0 Å². The molecule has 0 spiro atoms. The Kier molecular flexibility index (Phi) is 4.27. The molecule has 0 radical (unpaired) electrons. The van der Waals surface area contributed by atoms with E-state index in [1.54, 1.807) is 6.07 Å². The minimum Gasteiger partial charge on any atom is -0.455 e. The number of hydrogen-bond donors (Lipinski definition) is 0. The number of rotatable bonds is 5. The molecule has 0 N–H and O–H groups in total. The Labute approximate surface area is 305 Å². The third-order valence-corrected chi connectivity index (χ3v) is 8.81. The van der Waals surface area contributed by atoms with Gasteiger partial charge in [-0.05, 0) is 53.5 Å². The highest BCUT2D eigenvalue weighted by atomic mass is 16.3. The lowest BCUT2D eigenvalue weighted by molar-refractivity contribution is 0.670. The predicted molar refractivity (Wildman–Crippen MR) is 205 cm³/mol. The zero-order valence-electron chi connectivity index (χ0n) is 38.1. The second-order valence-electron chi connectivity index (χ2n) is 11.7. The number of furan rings is 1. The Hall–Kier alpha value is -6.78. The SMILES string of the molecule is [2H]c1c([2H])c([2H])c(-n2c3c([2H])c([2H])c([2H])c([2H])c3c3c([2H])c([2H])c([2H])c(-c4cc(-c5cccc6c5oc5ccccc56)nc(-c5cccc(-c6ccccc6)c5)n4)c32)c([2H])c1[2H]. The molecule has 0 aliphatic rings. The summed E-state index contributed by atoms with van der Waals surface area (Å²) in [6.07, 6.45) is 0. The van der Waals surface area contributed by atoms with E-state index in [0.29, 0.717) is 28.0 Å². The van der Waals surface area contributed by atoms with Crippen molar-refractivity contribution in [1.29, 1.82) is 0 Å². The minimum absolute atomic E-state index is 0.0263. The second-order valence-corrected chi connectivity index (χ2v) is 11.7. The van der Waals surface area contributed by atoms with E-state index >= 15 is 0 Å². The maximum atomic E-state index is 9.54. The van der Waals surface area contributed by atoms with Crippen molar-refractivity contribution < 1.29 is 20.9 Å². The molecular formula is C46H29N3O. The van der Waals surface area contributed by atoms with Crippen LogP contribution in [0.4, 0.5) is 0 Å². The summed E-state index contributed by atoms with van der Waals surface area (Å²) < 4.78 is 115. The highest BCUT2D eigenvalue weighted by molar-refractivity contribution is 6.14. The molecule has 0 fully saturated rings. The summed E-state index contributed by atoms with van der Waals surface area (Å²) in [6, 6.07) is 24.3. The average molecular weight is 652 g/mol. The maximum Gasteiger partial charge on any atom is 0.160 e. The lowest BCUT2D eigenvalue weighted by Crippen LogP contribution is -1.99. The van der Waals surface area contributed by atoms with Gasteiger partial charge < -0.3 is 8.98 Å². The fourth-order valence-corrected chi connectivity index (χ4v) is 6.59. The van der Waals surface area contributed by atoms with Gasteiger partial charge in [-0.25, -0.2) is 9.97 Å². The summed E-state index contributed by atoms with van der Waals surface area (Å²) >= 11 is 0. The first-order chi connectivity index (χ1) is 29.8. The van der Waals surface area contributed by atoms with Gasteiger partial charge in [-0.3, -0.25) is 0 Å². The number of hydrogen-bond acceptors (Lipinski definition) is 3. The van der Waals surface area contributed by atoms with Gasteiger partial charge in [0.2, 0.25) is 0 Å². The molecule has 0 unspecified atom stereocenters. The number of benzene rings is 7. The van der Waals surface area contributed by atoms with Crippen molar-refractivity contribution in [2.45, 2.75) is 0 Å². The van der Waals surface area contributed by atoms with Crippen molar-refractivity contribution >= 4 is 43.7 Å². The summed E-state index contributed by atoms with van der Waals surface area (Å²) in [5.74, 6) is 0.187. The fraction of sp³-hybridized carbons (Fsp3) is 0. The monoisotopic (exact) mass is 651 g/mol. The zero-order chi connectivity index (χ0) is 43.5. The number of para-hydroxylation sites is 5. The van der Waals surface area contributed by atoms with E-state index in [0.717, 1.165) is 26.5 Å². The number of aromatic nitrogens is 3. The predicted octanol–water partition coefficient (Wildman–Crippen LogP) is 12.1. The molecule has 3 heterocycles.